The lowest BCUT2D eigenvalue weighted by atomic mass is 10.1. The molecule has 0 spiro atoms. The van der Waals surface area contributed by atoms with Crippen molar-refractivity contribution in [2.75, 3.05) is 40.8 Å². The van der Waals surface area contributed by atoms with Crippen LogP contribution in [0.5, 0.6) is 0 Å². The molecule has 0 aromatic carbocycles. The Balaban J connectivity index is 3.49. The summed E-state index contributed by atoms with van der Waals surface area (Å²) in [5, 5.41) is 3.47. The van der Waals surface area contributed by atoms with E-state index in [1.807, 2.05) is 0 Å². The molecule has 0 bridgehead atoms. The topological polar surface area (TPSA) is 18.5 Å². The van der Waals surface area contributed by atoms with E-state index in [4.69, 9.17) is 0 Å². The SMILES string of the molecule is CC(C)NCCCC(C)N(C)CCCN(C)C. The zero-order valence-electron chi connectivity index (χ0n) is 12.8. The highest BCUT2D eigenvalue weighted by Crippen LogP contribution is 2.04. The van der Waals surface area contributed by atoms with Crippen molar-refractivity contribution in [3.05, 3.63) is 0 Å². The largest absolute Gasteiger partial charge is 0.315 e. The van der Waals surface area contributed by atoms with Gasteiger partial charge in [-0.25, -0.2) is 0 Å². The van der Waals surface area contributed by atoms with Crippen LogP contribution in [0.15, 0.2) is 0 Å². The van der Waals surface area contributed by atoms with Gasteiger partial charge in [0.2, 0.25) is 0 Å². The van der Waals surface area contributed by atoms with Gasteiger partial charge in [0, 0.05) is 12.1 Å². The third kappa shape index (κ3) is 10.7. The van der Waals surface area contributed by atoms with E-state index in [1.54, 1.807) is 0 Å². The van der Waals surface area contributed by atoms with E-state index < -0.39 is 0 Å². The third-order valence-electron chi connectivity index (χ3n) is 3.22. The Morgan fingerprint density at radius 3 is 2.12 bits per heavy atom. The van der Waals surface area contributed by atoms with Gasteiger partial charge in [-0.05, 0) is 67.0 Å². The maximum absolute atomic E-state index is 3.47. The average Bonchev–Trinajstić information content (AvgIpc) is 2.23. The van der Waals surface area contributed by atoms with Crippen LogP contribution in [-0.4, -0.2) is 62.7 Å². The second-order valence-electron chi connectivity index (χ2n) is 5.74. The molecule has 0 aromatic heterocycles. The zero-order chi connectivity index (χ0) is 13.3. The molecule has 104 valence electrons. The van der Waals surface area contributed by atoms with Crippen LogP contribution in [0.25, 0.3) is 0 Å². The lowest BCUT2D eigenvalue weighted by Gasteiger charge is -2.25. The van der Waals surface area contributed by atoms with E-state index in [0.29, 0.717) is 12.1 Å². The molecule has 17 heavy (non-hydrogen) atoms. The van der Waals surface area contributed by atoms with E-state index in [-0.39, 0.29) is 0 Å². The van der Waals surface area contributed by atoms with Crippen LogP contribution in [0.2, 0.25) is 0 Å². The molecule has 3 nitrogen and oxygen atoms in total. The van der Waals surface area contributed by atoms with E-state index in [2.05, 4.69) is 57.0 Å². The normalized spacial score (nSPS) is 13.9. The molecule has 0 amide bonds. The van der Waals surface area contributed by atoms with Gasteiger partial charge < -0.3 is 15.1 Å². The van der Waals surface area contributed by atoms with E-state index in [9.17, 15) is 0 Å². The minimum atomic E-state index is 0.614. The summed E-state index contributed by atoms with van der Waals surface area (Å²) >= 11 is 0. The van der Waals surface area contributed by atoms with Crippen molar-refractivity contribution in [2.45, 2.75) is 52.1 Å². The standard InChI is InChI=1S/C14H33N3/c1-13(2)15-10-7-9-14(3)17(6)12-8-11-16(4)5/h13-15H,7-12H2,1-6H3. The summed E-state index contributed by atoms with van der Waals surface area (Å²) in [4.78, 5) is 4.74. The predicted octanol–water partition coefficient (Wildman–Crippen LogP) is 2.04. The van der Waals surface area contributed by atoms with Crippen LogP contribution in [0.1, 0.15) is 40.0 Å². The Kier molecular flexibility index (Phi) is 9.79. The van der Waals surface area contributed by atoms with Crippen LogP contribution >= 0.6 is 0 Å². The lowest BCUT2D eigenvalue weighted by Crippen LogP contribution is -2.32. The summed E-state index contributed by atoms with van der Waals surface area (Å²) in [7, 11) is 6.53. The zero-order valence-corrected chi connectivity index (χ0v) is 12.8. The van der Waals surface area contributed by atoms with Crippen molar-refractivity contribution in [1.29, 1.82) is 0 Å². The Morgan fingerprint density at radius 1 is 0.941 bits per heavy atom. The first-order valence-corrected chi connectivity index (χ1v) is 7.01. The quantitative estimate of drug-likeness (QED) is 0.592. The summed E-state index contributed by atoms with van der Waals surface area (Å²) in [6.45, 7) is 10.3. The minimum absolute atomic E-state index is 0.614. The summed E-state index contributed by atoms with van der Waals surface area (Å²) in [5.74, 6) is 0. The molecular weight excluding hydrogens is 210 g/mol. The van der Waals surface area contributed by atoms with Gasteiger partial charge in [0.05, 0.1) is 0 Å². The van der Waals surface area contributed by atoms with Gasteiger partial charge in [0.1, 0.15) is 0 Å². The van der Waals surface area contributed by atoms with Crippen molar-refractivity contribution < 1.29 is 0 Å². The van der Waals surface area contributed by atoms with Gasteiger partial charge >= 0.3 is 0 Å². The Labute approximate surface area is 109 Å². The van der Waals surface area contributed by atoms with Crippen LogP contribution in [0, 0.1) is 0 Å². The van der Waals surface area contributed by atoms with Gasteiger partial charge in [0.25, 0.3) is 0 Å². The number of nitrogens with one attached hydrogen (secondary N) is 1. The third-order valence-corrected chi connectivity index (χ3v) is 3.22. The van der Waals surface area contributed by atoms with Crippen LogP contribution < -0.4 is 5.32 Å². The highest BCUT2D eigenvalue weighted by molar-refractivity contribution is 4.65. The summed E-state index contributed by atoms with van der Waals surface area (Å²) in [5.41, 5.74) is 0. The number of hydrogen-bond acceptors (Lipinski definition) is 3. The molecule has 0 rings (SSSR count). The fourth-order valence-electron chi connectivity index (χ4n) is 1.87. The molecule has 0 radical (unpaired) electrons. The molecule has 0 fully saturated rings. The Bertz CT molecular complexity index is 169. The second-order valence-corrected chi connectivity index (χ2v) is 5.74. The van der Waals surface area contributed by atoms with Gasteiger partial charge in [-0.1, -0.05) is 13.8 Å². The summed E-state index contributed by atoms with van der Waals surface area (Å²) < 4.78 is 0. The smallest absolute Gasteiger partial charge is 0.00643 e. The monoisotopic (exact) mass is 243 g/mol. The summed E-state index contributed by atoms with van der Waals surface area (Å²) in [6.07, 6.45) is 3.83. The minimum Gasteiger partial charge on any atom is -0.315 e. The molecule has 0 saturated carbocycles. The van der Waals surface area contributed by atoms with E-state index in [1.165, 1.54) is 32.4 Å². The molecule has 0 aliphatic carbocycles. The molecule has 0 heterocycles. The molecule has 0 saturated heterocycles. The molecular formula is C14H33N3. The fraction of sp³-hybridized carbons (Fsp3) is 1.00. The molecule has 1 atom stereocenters. The van der Waals surface area contributed by atoms with Crippen LogP contribution in [-0.2, 0) is 0 Å². The first kappa shape index (κ1) is 16.9. The number of nitrogens with zero attached hydrogens (tertiary/aromatic N) is 2. The highest BCUT2D eigenvalue weighted by atomic mass is 15.1. The Hall–Kier alpha value is -0.120. The predicted molar refractivity (Wildman–Crippen MR) is 77.6 cm³/mol. The van der Waals surface area contributed by atoms with Crippen molar-refractivity contribution in [3.8, 4) is 0 Å². The first-order valence-electron chi connectivity index (χ1n) is 7.01. The van der Waals surface area contributed by atoms with Crippen LogP contribution in [0.3, 0.4) is 0 Å². The van der Waals surface area contributed by atoms with Crippen molar-refractivity contribution in [3.63, 3.8) is 0 Å². The van der Waals surface area contributed by atoms with Crippen LogP contribution in [0.4, 0.5) is 0 Å². The lowest BCUT2D eigenvalue weighted by molar-refractivity contribution is 0.228. The van der Waals surface area contributed by atoms with Crippen molar-refractivity contribution >= 4 is 0 Å². The number of rotatable bonds is 10. The average molecular weight is 243 g/mol. The maximum atomic E-state index is 3.47. The van der Waals surface area contributed by atoms with Gasteiger partial charge in [0.15, 0.2) is 0 Å². The molecule has 1 N–H and O–H groups in total. The fourth-order valence-corrected chi connectivity index (χ4v) is 1.87. The molecule has 0 aliphatic heterocycles. The van der Waals surface area contributed by atoms with Gasteiger partial charge in [-0.2, -0.15) is 0 Å². The molecule has 3 heteroatoms. The van der Waals surface area contributed by atoms with E-state index >= 15 is 0 Å². The molecule has 0 aromatic rings. The van der Waals surface area contributed by atoms with Crippen molar-refractivity contribution in [1.82, 2.24) is 15.1 Å². The Morgan fingerprint density at radius 2 is 1.59 bits per heavy atom. The maximum Gasteiger partial charge on any atom is 0.00643 e. The highest BCUT2D eigenvalue weighted by Gasteiger charge is 2.08. The summed E-state index contributed by atoms with van der Waals surface area (Å²) in [6, 6.07) is 1.31. The van der Waals surface area contributed by atoms with Gasteiger partial charge in [-0.3, -0.25) is 0 Å². The van der Waals surface area contributed by atoms with E-state index in [0.717, 1.165) is 6.54 Å². The number of hydrogen-bond donors (Lipinski definition) is 1. The van der Waals surface area contributed by atoms with Crippen molar-refractivity contribution in [2.24, 2.45) is 0 Å². The molecule has 1 unspecified atom stereocenters. The molecule has 0 aliphatic rings. The first-order chi connectivity index (χ1) is 7.93. The van der Waals surface area contributed by atoms with Gasteiger partial charge in [-0.15, -0.1) is 0 Å². The second kappa shape index (κ2) is 9.86.